The Hall–Kier alpha value is -1.92. The summed E-state index contributed by atoms with van der Waals surface area (Å²) in [5.41, 5.74) is 4.98. The molecule has 0 aromatic heterocycles. The van der Waals surface area contributed by atoms with Crippen molar-refractivity contribution in [3.05, 3.63) is 64.7 Å². The molecule has 30 heavy (non-hydrogen) atoms. The van der Waals surface area contributed by atoms with Gasteiger partial charge in [0.25, 0.3) is 0 Å². The van der Waals surface area contributed by atoms with Crippen LogP contribution in [0.4, 0.5) is 0 Å². The van der Waals surface area contributed by atoms with E-state index in [1.54, 1.807) is 0 Å². The molecule has 1 fully saturated rings. The fourth-order valence-electron chi connectivity index (χ4n) is 3.86. The molecule has 1 aliphatic rings. The predicted molar refractivity (Wildman–Crippen MR) is 121 cm³/mol. The standard InChI is InChI=1S/C25H36N2O3/c1-20-8-9-23(22(3)16-20)17-27(11-10-26-12-14-29-15-13-26)18-24(28)19-30-25-7-5-4-6-21(25)2/h4-9,16,24,28H,10-15,17-19H2,1-3H3/t24-/m1/s1. The van der Waals surface area contributed by atoms with E-state index in [0.717, 1.165) is 57.3 Å². The molecule has 1 aliphatic heterocycles. The van der Waals surface area contributed by atoms with Gasteiger partial charge >= 0.3 is 0 Å². The van der Waals surface area contributed by atoms with Crippen LogP contribution < -0.4 is 4.74 Å². The second-order valence-corrected chi connectivity index (χ2v) is 8.35. The minimum Gasteiger partial charge on any atom is -0.491 e. The number of benzene rings is 2. The molecule has 0 spiro atoms. The molecule has 0 radical (unpaired) electrons. The van der Waals surface area contributed by atoms with E-state index in [0.29, 0.717) is 13.2 Å². The summed E-state index contributed by atoms with van der Waals surface area (Å²) in [6.45, 7) is 13.5. The number of aliphatic hydroxyl groups is 1. The fourth-order valence-corrected chi connectivity index (χ4v) is 3.86. The van der Waals surface area contributed by atoms with Crippen molar-refractivity contribution < 1.29 is 14.6 Å². The third-order valence-corrected chi connectivity index (χ3v) is 5.72. The smallest absolute Gasteiger partial charge is 0.122 e. The van der Waals surface area contributed by atoms with Crippen LogP contribution in [0.25, 0.3) is 0 Å². The van der Waals surface area contributed by atoms with Gasteiger partial charge in [-0.05, 0) is 43.5 Å². The number of ether oxygens (including phenoxy) is 2. The Morgan fingerprint density at radius 2 is 1.83 bits per heavy atom. The van der Waals surface area contributed by atoms with Gasteiger partial charge in [-0.2, -0.15) is 0 Å². The molecule has 0 saturated carbocycles. The summed E-state index contributed by atoms with van der Waals surface area (Å²) in [5.74, 6) is 0.839. The number of rotatable bonds is 10. The molecule has 2 aromatic rings. The first-order valence-electron chi connectivity index (χ1n) is 11.0. The number of hydrogen-bond acceptors (Lipinski definition) is 5. The number of morpholine rings is 1. The molecule has 0 aliphatic carbocycles. The first-order chi connectivity index (χ1) is 14.5. The average molecular weight is 413 g/mol. The summed E-state index contributed by atoms with van der Waals surface area (Å²) in [6.07, 6.45) is -0.542. The number of aryl methyl sites for hydroxylation is 3. The zero-order valence-corrected chi connectivity index (χ0v) is 18.6. The molecule has 3 rings (SSSR count). The van der Waals surface area contributed by atoms with Crippen LogP contribution in [0.5, 0.6) is 5.75 Å². The van der Waals surface area contributed by atoms with Crippen molar-refractivity contribution in [3.8, 4) is 5.75 Å². The van der Waals surface area contributed by atoms with E-state index in [1.807, 2.05) is 31.2 Å². The Bertz CT molecular complexity index is 790. The minimum atomic E-state index is -0.542. The molecule has 1 N–H and O–H groups in total. The van der Waals surface area contributed by atoms with Gasteiger partial charge in [0, 0.05) is 39.3 Å². The first-order valence-corrected chi connectivity index (χ1v) is 11.0. The Kier molecular flexibility index (Phi) is 8.70. The quantitative estimate of drug-likeness (QED) is 0.649. The van der Waals surface area contributed by atoms with Gasteiger partial charge in [-0.1, -0.05) is 42.0 Å². The van der Waals surface area contributed by atoms with E-state index < -0.39 is 6.10 Å². The Morgan fingerprint density at radius 3 is 2.57 bits per heavy atom. The molecule has 0 amide bonds. The largest absolute Gasteiger partial charge is 0.491 e. The summed E-state index contributed by atoms with van der Waals surface area (Å²) in [7, 11) is 0. The molecule has 0 bridgehead atoms. The highest BCUT2D eigenvalue weighted by Gasteiger charge is 2.17. The van der Waals surface area contributed by atoms with Crippen molar-refractivity contribution in [1.82, 2.24) is 9.80 Å². The molecule has 164 valence electrons. The third-order valence-electron chi connectivity index (χ3n) is 5.72. The topological polar surface area (TPSA) is 45.2 Å². The monoisotopic (exact) mass is 412 g/mol. The summed E-state index contributed by atoms with van der Waals surface area (Å²) < 4.78 is 11.3. The molecule has 5 heteroatoms. The Labute approximate surface area is 181 Å². The van der Waals surface area contributed by atoms with Crippen LogP contribution >= 0.6 is 0 Å². The normalized spacial score (nSPS) is 16.0. The fraction of sp³-hybridized carbons (Fsp3) is 0.520. The molecule has 2 aromatic carbocycles. The Balaban J connectivity index is 1.59. The molecule has 1 heterocycles. The van der Waals surface area contributed by atoms with E-state index in [4.69, 9.17) is 9.47 Å². The van der Waals surface area contributed by atoms with E-state index in [2.05, 4.69) is 41.8 Å². The van der Waals surface area contributed by atoms with Crippen molar-refractivity contribution in [2.45, 2.75) is 33.4 Å². The Morgan fingerprint density at radius 1 is 1.07 bits per heavy atom. The maximum Gasteiger partial charge on any atom is 0.122 e. The van der Waals surface area contributed by atoms with Gasteiger partial charge in [0.2, 0.25) is 0 Å². The van der Waals surface area contributed by atoms with Gasteiger partial charge in [-0.3, -0.25) is 9.80 Å². The van der Waals surface area contributed by atoms with E-state index >= 15 is 0 Å². The molecule has 0 unspecified atom stereocenters. The van der Waals surface area contributed by atoms with Crippen molar-refractivity contribution in [1.29, 1.82) is 0 Å². The lowest BCUT2D eigenvalue weighted by Gasteiger charge is -2.31. The van der Waals surface area contributed by atoms with Gasteiger partial charge < -0.3 is 14.6 Å². The van der Waals surface area contributed by atoms with Gasteiger partial charge in [0.05, 0.1) is 13.2 Å². The number of nitrogens with zero attached hydrogens (tertiary/aromatic N) is 2. The average Bonchev–Trinajstić information content (AvgIpc) is 2.74. The first kappa shape index (κ1) is 22.8. The van der Waals surface area contributed by atoms with Gasteiger partial charge in [-0.25, -0.2) is 0 Å². The zero-order chi connectivity index (χ0) is 21.3. The van der Waals surface area contributed by atoms with Crippen molar-refractivity contribution in [2.24, 2.45) is 0 Å². The molecular formula is C25H36N2O3. The lowest BCUT2D eigenvalue weighted by molar-refractivity contribution is 0.0255. The molecule has 1 saturated heterocycles. The molecule has 1 atom stereocenters. The van der Waals surface area contributed by atoms with E-state index in [9.17, 15) is 5.11 Å². The minimum absolute atomic E-state index is 0.297. The maximum atomic E-state index is 10.7. The van der Waals surface area contributed by atoms with Gasteiger partial charge in [0.1, 0.15) is 18.5 Å². The van der Waals surface area contributed by atoms with Crippen LogP contribution in [0, 0.1) is 20.8 Å². The summed E-state index contributed by atoms with van der Waals surface area (Å²) in [5, 5.41) is 10.7. The highest BCUT2D eigenvalue weighted by Crippen LogP contribution is 2.17. The van der Waals surface area contributed by atoms with Crippen LogP contribution in [0.15, 0.2) is 42.5 Å². The summed E-state index contributed by atoms with van der Waals surface area (Å²) >= 11 is 0. The third kappa shape index (κ3) is 7.10. The molecule has 5 nitrogen and oxygen atoms in total. The van der Waals surface area contributed by atoms with Crippen LogP contribution in [0.1, 0.15) is 22.3 Å². The lowest BCUT2D eigenvalue weighted by Crippen LogP contribution is -2.43. The van der Waals surface area contributed by atoms with Crippen molar-refractivity contribution >= 4 is 0 Å². The van der Waals surface area contributed by atoms with E-state index in [1.165, 1.54) is 16.7 Å². The zero-order valence-electron chi connectivity index (χ0n) is 18.6. The predicted octanol–water partition coefficient (Wildman–Crippen LogP) is 3.19. The second kappa shape index (κ2) is 11.5. The van der Waals surface area contributed by atoms with Crippen LogP contribution in [-0.4, -0.2) is 73.6 Å². The summed E-state index contributed by atoms with van der Waals surface area (Å²) in [6, 6.07) is 14.5. The van der Waals surface area contributed by atoms with Crippen LogP contribution in [0.2, 0.25) is 0 Å². The maximum absolute atomic E-state index is 10.7. The van der Waals surface area contributed by atoms with Crippen molar-refractivity contribution in [3.63, 3.8) is 0 Å². The number of aliphatic hydroxyl groups excluding tert-OH is 1. The number of para-hydroxylation sites is 1. The van der Waals surface area contributed by atoms with Gasteiger partial charge in [0.15, 0.2) is 0 Å². The highest BCUT2D eigenvalue weighted by atomic mass is 16.5. The van der Waals surface area contributed by atoms with Crippen LogP contribution in [0.3, 0.4) is 0 Å². The van der Waals surface area contributed by atoms with Crippen LogP contribution in [-0.2, 0) is 11.3 Å². The molecular weight excluding hydrogens is 376 g/mol. The van der Waals surface area contributed by atoms with Crippen molar-refractivity contribution in [2.75, 3.05) is 52.5 Å². The second-order valence-electron chi connectivity index (χ2n) is 8.35. The van der Waals surface area contributed by atoms with E-state index in [-0.39, 0.29) is 0 Å². The number of hydrogen-bond donors (Lipinski definition) is 1. The highest BCUT2D eigenvalue weighted by molar-refractivity contribution is 5.32. The van der Waals surface area contributed by atoms with Gasteiger partial charge in [-0.15, -0.1) is 0 Å². The SMILES string of the molecule is Cc1ccc(CN(CCN2CCOCC2)C[C@@H](O)COc2ccccc2C)c(C)c1. The lowest BCUT2D eigenvalue weighted by atomic mass is 10.1. The summed E-state index contributed by atoms with van der Waals surface area (Å²) in [4.78, 5) is 4.79.